The van der Waals surface area contributed by atoms with Crippen LogP contribution in [0, 0.1) is 13.8 Å². The Morgan fingerprint density at radius 1 is 1.33 bits per heavy atom. The molecule has 2 rings (SSSR count). The molecule has 1 aromatic heterocycles. The molecule has 1 aliphatic carbocycles. The molecule has 21 heavy (non-hydrogen) atoms. The fourth-order valence-corrected chi connectivity index (χ4v) is 2.92. The van der Waals surface area contributed by atoms with E-state index in [2.05, 4.69) is 5.10 Å². The maximum atomic E-state index is 12.8. The van der Waals surface area contributed by atoms with Gasteiger partial charge in [-0.1, -0.05) is 0 Å². The van der Waals surface area contributed by atoms with Crippen molar-refractivity contribution in [3.05, 3.63) is 17.0 Å². The highest BCUT2D eigenvalue weighted by molar-refractivity contribution is 5.88. The molecule has 0 aromatic carbocycles. The first-order chi connectivity index (χ1) is 9.75. The van der Waals surface area contributed by atoms with Crippen molar-refractivity contribution >= 4 is 11.9 Å². The van der Waals surface area contributed by atoms with Crippen molar-refractivity contribution in [3.8, 4) is 0 Å². The predicted octanol–water partition coefficient (Wildman–Crippen LogP) is 1.60. The molecule has 1 heterocycles. The van der Waals surface area contributed by atoms with Crippen LogP contribution in [-0.2, 0) is 16.6 Å². The summed E-state index contributed by atoms with van der Waals surface area (Å²) < 4.78 is 1.76. The van der Waals surface area contributed by atoms with Gasteiger partial charge < -0.3 is 10.0 Å². The van der Waals surface area contributed by atoms with Gasteiger partial charge in [0.1, 0.15) is 6.04 Å². The minimum absolute atomic E-state index is 0.0725. The smallest absolute Gasteiger partial charge is 0.326 e. The quantitative estimate of drug-likeness (QED) is 0.895. The first kappa shape index (κ1) is 15.5. The summed E-state index contributed by atoms with van der Waals surface area (Å²) in [5, 5.41) is 13.6. The lowest BCUT2D eigenvalue weighted by atomic mass is 9.97. The Balaban J connectivity index is 2.30. The molecule has 0 saturated heterocycles. The molecule has 1 amide bonds. The van der Waals surface area contributed by atoms with E-state index < -0.39 is 12.0 Å². The lowest BCUT2D eigenvalue weighted by Crippen LogP contribution is -2.46. The van der Waals surface area contributed by atoms with Crippen LogP contribution in [0.25, 0.3) is 0 Å². The number of aromatic nitrogens is 2. The second-order valence-corrected chi connectivity index (χ2v) is 5.92. The monoisotopic (exact) mass is 293 g/mol. The number of hydrogen-bond acceptors (Lipinski definition) is 3. The van der Waals surface area contributed by atoms with Crippen molar-refractivity contribution in [1.82, 2.24) is 14.7 Å². The molecule has 0 spiro atoms. The maximum absolute atomic E-state index is 12.8. The van der Waals surface area contributed by atoms with Crippen molar-refractivity contribution in [2.75, 3.05) is 0 Å². The van der Waals surface area contributed by atoms with E-state index in [1.54, 1.807) is 16.5 Å². The SMILES string of the molecule is Cc1nn(C)c(C)c1C(C)C(=O)N(C1CC1)C(C)C(=O)O. The zero-order chi connectivity index (χ0) is 15.9. The van der Waals surface area contributed by atoms with Gasteiger partial charge in [0.15, 0.2) is 0 Å². The van der Waals surface area contributed by atoms with E-state index >= 15 is 0 Å². The standard InChI is InChI=1S/C15H23N3O3/c1-8(13-9(2)16-17(5)10(13)3)14(19)18(12-6-7-12)11(4)15(20)21/h8,11-12H,6-7H2,1-5H3,(H,20,21). The molecule has 116 valence electrons. The zero-order valence-electron chi connectivity index (χ0n) is 13.3. The summed E-state index contributed by atoms with van der Waals surface area (Å²) in [7, 11) is 1.85. The number of carboxylic acids is 1. The van der Waals surface area contributed by atoms with Gasteiger partial charge in [-0.2, -0.15) is 5.10 Å². The molecule has 0 bridgehead atoms. The van der Waals surface area contributed by atoms with Crippen LogP contribution in [-0.4, -0.2) is 43.7 Å². The Morgan fingerprint density at radius 2 is 1.90 bits per heavy atom. The van der Waals surface area contributed by atoms with E-state index in [-0.39, 0.29) is 17.9 Å². The highest BCUT2D eigenvalue weighted by Gasteiger charge is 2.41. The fraction of sp³-hybridized carbons (Fsp3) is 0.667. The zero-order valence-corrected chi connectivity index (χ0v) is 13.3. The Kier molecular flexibility index (Phi) is 4.07. The predicted molar refractivity (Wildman–Crippen MR) is 78.1 cm³/mol. The molecule has 1 aliphatic rings. The Labute approximate surface area is 124 Å². The van der Waals surface area contributed by atoms with Crippen LogP contribution >= 0.6 is 0 Å². The second-order valence-electron chi connectivity index (χ2n) is 5.92. The molecule has 2 atom stereocenters. The van der Waals surface area contributed by atoms with Gasteiger partial charge in [-0.3, -0.25) is 9.48 Å². The van der Waals surface area contributed by atoms with E-state index in [0.717, 1.165) is 29.8 Å². The average Bonchev–Trinajstić information content (AvgIpc) is 3.18. The lowest BCUT2D eigenvalue weighted by Gasteiger charge is -2.29. The number of carbonyl (C=O) groups excluding carboxylic acids is 1. The lowest BCUT2D eigenvalue weighted by molar-refractivity contribution is -0.150. The molecule has 1 N–H and O–H groups in total. The summed E-state index contributed by atoms with van der Waals surface area (Å²) in [4.78, 5) is 25.6. The van der Waals surface area contributed by atoms with Gasteiger partial charge in [-0.05, 0) is 40.5 Å². The third-order valence-electron chi connectivity index (χ3n) is 4.34. The number of carbonyl (C=O) groups is 2. The maximum Gasteiger partial charge on any atom is 0.326 e. The fourth-order valence-electron chi connectivity index (χ4n) is 2.92. The number of hydrogen-bond donors (Lipinski definition) is 1. The van der Waals surface area contributed by atoms with Crippen LogP contribution in [0.2, 0.25) is 0 Å². The van der Waals surface area contributed by atoms with Crippen molar-refractivity contribution in [3.63, 3.8) is 0 Å². The van der Waals surface area contributed by atoms with Gasteiger partial charge in [-0.25, -0.2) is 4.79 Å². The highest BCUT2D eigenvalue weighted by Crippen LogP contribution is 2.33. The molecule has 0 aliphatic heterocycles. The van der Waals surface area contributed by atoms with E-state index in [0.29, 0.717) is 0 Å². The van der Waals surface area contributed by atoms with Crippen LogP contribution < -0.4 is 0 Å². The highest BCUT2D eigenvalue weighted by atomic mass is 16.4. The summed E-state index contributed by atoms with van der Waals surface area (Å²) >= 11 is 0. The number of carboxylic acid groups (broad SMARTS) is 1. The number of rotatable bonds is 5. The summed E-state index contributed by atoms with van der Waals surface area (Å²) in [5.41, 5.74) is 2.69. The summed E-state index contributed by atoms with van der Waals surface area (Å²) in [5.74, 6) is -1.45. The third kappa shape index (κ3) is 2.80. The van der Waals surface area contributed by atoms with Gasteiger partial charge in [0.25, 0.3) is 0 Å². The van der Waals surface area contributed by atoms with Crippen molar-refractivity contribution in [2.45, 2.75) is 58.5 Å². The van der Waals surface area contributed by atoms with Crippen molar-refractivity contribution in [2.24, 2.45) is 7.05 Å². The molecule has 2 unspecified atom stereocenters. The average molecular weight is 293 g/mol. The van der Waals surface area contributed by atoms with Crippen LogP contribution in [0.5, 0.6) is 0 Å². The Bertz CT molecular complexity index is 575. The Morgan fingerprint density at radius 3 is 2.29 bits per heavy atom. The van der Waals surface area contributed by atoms with Crippen LogP contribution in [0.15, 0.2) is 0 Å². The molecular weight excluding hydrogens is 270 g/mol. The molecular formula is C15H23N3O3. The molecule has 0 radical (unpaired) electrons. The first-order valence-electron chi connectivity index (χ1n) is 7.30. The molecule has 1 saturated carbocycles. The Hall–Kier alpha value is -1.85. The van der Waals surface area contributed by atoms with Gasteiger partial charge in [0.05, 0.1) is 11.6 Å². The van der Waals surface area contributed by atoms with Crippen LogP contribution in [0.1, 0.15) is 49.6 Å². The molecule has 6 heteroatoms. The van der Waals surface area contributed by atoms with Crippen LogP contribution in [0.4, 0.5) is 0 Å². The van der Waals surface area contributed by atoms with E-state index in [4.69, 9.17) is 0 Å². The molecule has 6 nitrogen and oxygen atoms in total. The van der Waals surface area contributed by atoms with Crippen molar-refractivity contribution < 1.29 is 14.7 Å². The normalized spacial score (nSPS) is 17.4. The largest absolute Gasteiger partial charge is 0.480 e. The van der Waals surface area contributed by atoms with Gasteiger partial charge in [0, 0.05) is 24.3 Å². The number of aryl methyl sites for hydroxylation is 2. The third-order valence-corrected chi connectivity index (χ3v) is 4.34. The second kappa shape index (κ2) is 5.50. The first-order valence-corrected chi connectivity index (χ1v) is 7.30. The molecule has 1 fully saturated rings. The van der Waals surface area contributed by atoms with E-state index in [1.165, 1.54) is 0 Å². The minimum atomic E-state index is -0.956. The van der Waals surface area contributed by atoms with E-state index in [1.807, 2.05) is 27.8 Å². The summed E-state index contributed by atoms with van der Waals surface area (Å²) in [6.45, 7) is 7.23. The number of nitrogens with zero attached hydrogens (tertiary/aromatic N) is 3. The van der Waals surface area contributed by atoms with Crippen molar-refractivity contribution in [1.29, 1.82) is 0 Å². The van der Waals surface area contributed by atoms with Gasteiger partial charge >= 0.3 is 5.97 Å². The van der Waals surface area contributed by atoms with Gasteiger partial charge in [0.2, 0.25) is 5.91 Å². The van der Waals surface area contributed by atoms with Gasteiger partial charge in [-0.15, -0.1) is 0 Å². The summed E-state index contributed by atoms with van der Waals surface area (Å²) in [6, 6.07) is -0.715. The topological polar surface area (TPSA) is 75.4 Å². The minimum Gasteiger partial charge on any atom is -0.480 e. The van der Waals surface area contributed by atoms with E-state index in [9.17, 15) is 14.7 Å². The number of amides is 1. The summed E-state index contributed by atoms with van der Waals surface area (Å²) in [6.07, 6.45) is 1.78. The number of aliphatic carboxylic acids is 1. The molecule has 1 aromatic rings. The van der Waals surface area contributed by atoms with Crippen LogP contribution in [0.3, 0.4) is 0 Å².